The first kappa shape index (κ1) is 12.0. The quantitative estimate of drug-likeness (QED) is 0.871. The Morgan fingerprint density at radius 2 is 2.20 bits per heavy atom. The number of hydrogen-bond acceptors (Lipinski definition) is 2. The van der Waals surface area contributed by atoms with Crippen molar-refractivity contribution in [2.75, 3.05) is 0 Å². The lowest BCUT2D eigenvalue weighted by Gasteiger charge is -2.06. The predicted octanol–water partition coefficient (Wildman–Crippen LogP) is 2.35. The van der Waals surface area contributed by atoms with Crippen molar-refractivity contribution in [3.63, 3.8) is 0 Å². The number of rotatable bonds is 3. The minimum Gasteiger partial charge on any atom is -0.481 e. The fourth-order valence-corrected chi connectivity index (χ4v) is 2.20. The maximum absolute atomic E-state index is 10.6. The van der Waals surface area contributed by atoms with Crippen molar-refractivity contribution in [3.05, 3.63) is 32.4 Å². The summed E-state index contributed by atoms with van der Waals surface area (Å²) < 4.78 is 1.01. The first-order chi connectivity index (χ1) is 7.08. The molecule has 0 saturated heterocycles. The van der Waals surface area contributed by atoms with Gasteiger partial charge >= 0.3 is 5.97 Å². The number of carbonyl (C=O) groups is 1. The van der Waals surface area contributed by atoms with Crippen molar-refractivity contribution < 1.29 is 9.90 Å². The van der Waals surface area contributed by atoms with Crippen LogP contribution in [0.5, 0.6) is 0 Å². The second kappa shape index (κ2) is 5.12. The number of hydrogen-bond donors (Lipinski definition) is 1. The molecule has 0 amide bonds. The second-order valence-electron chi connectivity index (χ2n) is 3.14. The summed E-state index contributed by atoms with van der Waals surface area (Å²) in [6.45, 7) is 2.01. The smallest absolute Gasteiger partial charge is 0.307 e. The molecular weight excluding hydrogens is 305 g/mol. The van der Waals surface area contributed by atoms with E-state index in [9.17, 15) is 4.79 Å². The Balaban J connectivity index is 3.24. The minimum absolute atomic E-state index is 0.0905. The molecule has 0 aliphatic carbocycles. The van der Waals surface area contributed by atoms with Gasteiger partial charge in [-0.05, 0) is 46.2 Å². The Hall–Kier alpha value is -1.09. The van der Waals surface area contributed by atoms with Crippen LogP contribution >= 0.6 is 22.6 Å². The van der Waals surface area contributed by atoms with Crippen LogP contribution in [-0.2, 0) is 17.6 Å². The summed E-state index contributed by atoms with van der Waals surface area (Å²) in [7, 11) is 0. The van der Waals surface area contributed by atoms with E-state index < -0.39 is 5.97 Å². The van der Waals surface area contributed by atoms with Crippen molar-refractivity contribution in [1.82, 2.24) is 0 Å². The lowest BCUT2D eigenvalue weighted by molar-refractivity contribution is -0.136. The summed E-state index contributed by atoms with van der Waals surface area (Å²) in [5.41, 5.74) is 2.15. The summed E-state index contributed by atoms with van der Waals surface area (Å²) in [5, 5.41) is 17.6. The third kappa shape index (κ3) is 2.93. The molecule has 0 fully saturated rings. The van der Waals surface area contributed by atoms with Crippen LogP contribution in [0, 0.1) is 14.9 Å². The van der Waals surface area contributed by atoms with E-state index in [0.717, 1.165) is 15.6 Å². The van der Waals surface area contributed by atoms with Gasteiger partial charge in [-0.2, -0.15) is 5.26 Å². The molecule has 3 nitrogen and oxygen atoms in total. The Morgan fingerprint density at radius 1 is 1.53 bits per heavy atom. The lowest BCUT2D eigenvalue weighted by Crippen LogP contribution is -2.04. The molecule has 0 saturated carbocycles. The Morgan fingerprint density at radius 3 is 2.67 bits per heavy atom. The highest BCUT2D eigenvalue weighted by Gasteiger charge is 2.10. The second-order valence-corrected chi connectivity index (χ2v) is 4.30. The summed E-state index contributed by atoms with van der Waals surface area (Å²) in [6, 6.07) is 5.59. The molecule has 15 heavy (non-hydrogen) atoms. The van der Waals surface area contributed by atoms with E-state index in [2.05, 4.69) is 22.6 Å². The van der Waals surface area contributed by atoms with Gasteiger partial charge < -0.3 is 5.11 Å². The van der Waals surface area contributed by atoms with Gasteiger partial charge in [0.25, 0.3) is 0 Å². The van der Waals surface area contributed by atoms with Crippen LogP contribution < -0.4 is 0 Å². The summed E-state index contributed by atoms with van der Waals surface area (Å²) in [6.07, 6.45) is 0.753. The third-order valence-corrected chi connectivity index (χ3v) is 3.12. The normalized spacial score (nSPS) is 9.67. The number of benzene rings is 1. The zero-order valence-electron chi connectivity index (χ0n) is 8.25. The number of carboxylic acids is 1. The SMILES string of the molecule is CCc1cc(CC(=O)O)c(C#N)cc1I. The van der Waals surface area contributed by atoms with Crippen molar-refractivity contribution in [2.24, 2.45) is 0 Å². The molecule has 1 aromatic carbocycles. The first-order valence-corrected chi connectivity index (χ1v) is 5.59. The molecule has 0 bridgehead atoms. The molecule has 1 rings (SSSR count). The molecule has 0 heterocycles. The fraction of sp³-hybridized carbons (Fsp3) is 0.273. The van der Waals surface area contributed by atoms with Gasteiger partial charge in [0.15, 0.2) is 0 Å². The van der Waals surface area contributed by atoms with Crippen molar-refractivity contribution in [1.29, 1.82) is 5.26 Å². The Kier molecular flexibility index (Phi) is 4.09. The van der Waals surface area contributed by atoms with Crippen molar-refractivity contribution in [2.45, 2.75) is 19.8 Å². The minimum atomic E-state index is -0.908. The van der Waals surface area contributed by atoms with Gasteiger partial charge in [-0.3, -0.25) is 4.79 Å². The molecule has 1 N–H and O–H groups in total. The average Bonchev–Trinajstić information content (AvgIpc) is 2.19. The molecule has 0 radical (unpaired) electrons. The number of aryl methyl sites for hydroxylation is 1. The van der Waals surface area contributed by atoms with Gasteiger partial charge in [0.2, 0.25) is 0 Å². The average molecular weight is 315 g/mol. The van der Waals surface area contributed by atoms with Crippen LogP contribution in [0.2, 0.25) is 0 Å². The van der Waals surface area contributed by atoms with Gasteiger partial charge in [0.05, 0.1) is 18.1 Å². The van der Waals surface area contributed by atoms with Crippen LogP contribution in [-0.4, -0.2) is 11.1 Å². The van der Waals surface area contributed by atoms with Crippen molar-refractivity contribution in [3.8, 4) is 6.07 Å². The zero-order chi connectivity index (χ0) is 11.4. The van der Waals surface area contributed by atoms with Crippen LogP contribution in [0.25, 0.3) is 0 Å². The molecule has 1 aromatic rings. The van der Waals surface area contributed by atoms with Crippen molar-refractivity contribution >= 4 is 28.6 Å². The molecule has 0 aromatic heterocycles. The topological polar surface area (TPSA) is 61.1 Å². The number of aliphatic carboxylic acids is 1. The van der Waals surface area contributed by atoms with E-state index >= 15 is 0 Å². The monoisotopic (exact) mass is 315 g/mol. The first-order valence-electron chi connectivity index (χ1n) is 4.51. The largest absolute Gasteiger partial charge is 0.481 e. The van der Waals surface area contributed by atoms with E-state index in [4.69, 9.17) is 10.4 Å². The summed E-state index contributed by atoms with van der Waals surface area (Å²) in [5.74, 6) is -0.908. The number of carboxylic acid groups (broad SMARTS) is 1. The maximum atomic E-state index is 10.6. The molecule has 0 atom stereocenters. The van der Waals surface area contributed by atoms with Gasteiger partial charge in [-0.15, -0.1) is 0 Å². The number of halogens is 1. The lowest BCUT2D eigenvalue weighted by atomic mass is 10.0. The Labute approximate surface area is 102 Å². The van der Waals surface area contributed by atoms with Gasteiger partial charge in [0.1, 0.15) is 0 Å². The number of nitriles is 1. The fourth-order valence-electron chi connectivity index (χ4n) is 1.35. The van der Waals surface area contributed by atoms with Crippen LogP contribution in [0.3, 0.4) is 0 Å². The standard InChI is InChI=1S/C11H10INO2/c1-2-7-3-8(5-11(14)15)9(6-13)4-10(7)12/h3-4H,2,5H2,1H3,(H,14,15). The predicted molar refractivity (Wildman–Crippen MR) is 64.6 cm³/mol. The molecule has 0 aliphatic heterocycles. The van der Waals surface area contributed by atoms with Gasteiger partial charge in [-0.25, -0.2) is 0 Å². The van der Waals surface area contributed by atoms with E-state index in [1.54, 1.807) is 6.07 Å². The summed E-state index contributed by atoms with van der Waals surface area (Å²) >= 11 is 2.16. The molecule has 4 heteroatoms. The van der Waals surface area contributed by atoms with Crippen LogP contribution in [0.4, 0.5) is 0 Å². The molecular formula is C11H10INO2. The molecule has 0 aliphatic rings. The highest BCUT2D eigenvalue weighted by atomic mass is 127. The van der Waals surface area contributed by atoms with Gasteiger partial charge in [0, 0.05) is 3.57 Å². The molecule has 0 unspecified atom stereocenters. The van der Waals surface area contributed by atoms with E-state index in [1.165, 1.54) is 0 Å². The van der Waals surface area contributed by atoms with Crippen LogP contribution in [0.15, 0.2) is 12.1 Å². The molecule has 78 valence electrons. The van der Waals surface area contributed by atoms with E-state index in [1.807, 2.05) is 19.1 Å². The zero-order valence-corrected chi connectivity index (χ0v) is 10.4. The number of nitrogens with zero attached hydrogens (tertiary/aromatic N) is 1. The van der Waals surface area contributed by atoms with Gasteiger partial charge in [-0.1, -0.05) is 13.0 Å². The summed E-state index contributed by atoms with van der Waals surface area (Å²) in [4.78, 5) is 10.6. The van der Waals surface area contributed by atoms with E-state index in [-0.39, 0.29) is 6.42 Å². The molecule has 0 spiro atoms. The Bertz CT molecular complexity index is 435. The third-order valence-electron chi connectivity index (χ3n) is 2.12. The van der Waals surface area contributed by atoms with Crippen LogP contribution in [0.1, 0.15) is 23.6 Å². The highest BCUT2D eigenvalue weighted by molar-refractivity contribution is 14.1. The maximum Gasteiger partial charge on any atom is 0.307 e. The van der Waals surface area contributed by atoms with E-state index in [0.29, 0.717) is 11.1 Å². The highest BCUT2D eigenvalue weighted by Crippen LogP contribution is 2.19.